The van der Waals surface area contributed by atoms with Gasteiger partial charge in [0.1, 0.15) is 0 Å². The molecule has 1 atom stereocenters. The monoisotopic (exact) mass is 326 g/mol. The highest BCUT2D eigenvalue weighted by Crippen LogP contribution is 2.34. The molecule has 1 aromatic heterocycles. The second kappa shape index (κ2) is 6.67. The SMILES string of the molecule is Cc1n[nH]c(C)c1CC(=O)N1CCCC1c1cccc(N(C)C)c1. The number of benzene rings is 1. The lowest BCUT2D eigenvalue weighted by atomic mass is 10.0. The van der Waals surface area contributed by atoms with Crippen molar-refractivity contribution >= 4 is 11.6 Å². The number of carbonyl (C=O) groups is 1. The van der Waals surface area contributed by atoms with Gasteiger partial charge in [-0.15, -0.1) is 0 Å². The number of hydrogen-bond acceptors (Lipinski definition) is 3. The molecule has 1 aromatic carbocycles. The molecule has 0 aliphatic carbocycles. The molecule has 1 fully saturated rings. The third-order valence-corrected chi connectivity index (χ3v) is 4.95. The molecule has 0 spiro atoms. The fourth-order valence-electron chi connectivity index (χ4n) is 3.51. The van der Waals surface area contributed by atoms with Crippen LogP contribution >= 0.6 is 0 Å². The first-order valence-electron chi connectivity index (χ1n) is 8.54. The van der Waals surface area contributed by atoms with Crippen LogP contribution in [0.15, 0.2) is 24.3 Å². The Kier molecular flexibility index (Phi) is 4.60. The first kappa shape index (κ1) is 16.6. The Morgan fingerprint density at radius 3 is 2.83 bits per heavy atom. The minimum Gasteiger partial charge on any atom is -0.378 e. The van der Waals surface area contributed by atoms with Crippen LogP contribution in [0.2, 0.25) is 0 Å². The van der Waals surface area contributed by atoms with Crippen LogP contribution in [0.4, 0.5) is 5.69 Å². The van der Waals surface area contributed by atoms with Gasteiger partial charge in [-0.05, 0) is 44.4 Å². The Morgan fingerprint density at radius 2 is 2.17 bits per heavy atom. The number of hydrogen-bond donors (Lipinski definition) is 1. The number of carbonyl (C=O) groups excluding carboxylic acids is 1. The molecule has 5 nitrogen and oxygen atoms in total. The first-order chi connectivity index (χ1) is 11.5. The number of amides is 1. The van der Waals surface area contributed by atoms with Crippen molar-refractivity contribution in [1.82, 2.24) is 15.1 Å². The number of likely N-dealkylation sites (tertiary alicyclic amines) is 1. The van der Waals surface area contributed by atoms with E-state index in [1.807, 2.05) is 32.8 Å². The normalized spacial score (nSPS) is 17.3. The molecule has 1 saturated heterocycles. The Labute approximate surface area is 143 Å². The van der Waals surface area contributed by atoms with E-state index in [0.717, 1.165) is 36.3 Å². The second-order valence-electron chi connectivity index (χ2n) is 6.82. The lowest BCUT2D eigenvalue weighted by Gasteiger charge is -2.26. The van der Waals surface area contributed by atoms with Gasteiger partial charge in [-0.25, -0.2) is 0 Å². The summed E-state index contributed by atoms with van der Waals surface area (Å²) < 4.78 is 0. The summed E-state index contributed by atoms with van der Waals surface area (Å²) in [6.07, 6.45) is 2.52. The Bertz CT molecular complexity index is 715. The Hall–Kier alpha value is -2.30. The van der Waals surface area contributed by atoms with Crippen LogP contribution in [0.1, 0.15) is 41.4 Å². The summed E-state index contributed by atoms with van der Waals surface area (Å²) in [5.74, 6) is 0.195. The van der Waals surface area contributed by atoms with E-state index in [0.29, 0.717) is 6.42 Å². The van der Waals surface area contributed by atoms with Crippen molar-refractivity contribution < 1.29 is 4.79 Å². The highest BCUT2D eigenvalue weighted by atomic mass is 16.2. The molecular weight excluding hydrogens is 300 g/mol. The van der Waals surface area contributed by atoms with E-state index in [1.54, 1.807) is 0 Å². The molecule has 1 N–H and O–H groups in total. The van der Waals surface area contributed by atoms with Crippen LogP contribution in [-0.4, -0.2) is 41.6 Å². The fourth-order valence-corrected chi connectivity index (χ4v) is 3.51. The zero-order valence-corrected chi connectivity index (χ0v) is 15.0. The van der Waals surface area contributed by atoms with E-state index in [1.165, 1.54) is 11.3 Å². The minimum atomic E-state index is 0.185. The zero-order chi connectivity index (χ0) is 17.3. The van der Waals surface area contributed by atoms with Crippen LogP contribution in [0, 0.1) is 13.8 Å². The average Bonchev–Trinajstić information content (AvgIpc) is 3.17. The minimum absolute atomic E-state index is 0.185. The molecule has 1 aliphatic heterocycles. The zero-order valence-electron chi connectivity index (χ0n) is 15.0. The molecule has 5 heteroatoms. The third-order valence-electron chi connectivity index (χ3n) is 4.95. The van der Waals surface area contributed by atoms with Gasteiger partial charge in [0.25, 0.3) is 0 Å². The topological polar surface area (TPSA) is 52.2 Å². The van der Waals surface area contributed by atoms with Crippen molar-refractivity contribution in [2.24, 2.45) is 0 Å². The maximum absolute atomic E-state index is 12.9. The summed E-state index contributed by atoms with van der Waals surface area (Å²) in [5.41, 5.74) is 5.35. The smallest absolute Gasteiger partial charge is 0.227 e. The summed E-state index contributed by atoms with van der Waals surface area (Å²) in [6, 6.07) is 8.70. The van der Waals surface area contributed by atoms with Gasteiger partial charge in [-0.2, -0.15) is 5.10 Å². The van der Waals surface area contributed by atoms with Crippen LogP contribution in [-0.2, 0) is 11.2 Å². The van der Waals surface area contributed by atoms with Crippen molar-refractivity contribution in [2.75, 3.05) is 25.5 Å². The van der Waals surface area contributed by atoms with E-state index in [4.69, 9.17) is 0 Å². The number of aromatic amines is 1. The summed E-state index contributed by atoms with van der Waals surface area (Å²) in [7, 11) is 4.09. The number of nitrogens with one attached hydrogen (secondary N) is 1. The fraction of sp³-hybridized carbons (Fsp3) is 0.474. The van der Waals surface area contributed by atoms with Crippen molar-refractivity contribution in [3.63, 3.8) is 0 Å². The highest BCUT2D eigenvalue weighted by Gasteiger charge is 2.30. The van der Waals surface area contributed by atoms with Gasteiger partial charge in [0, 0.05) is 37.6 Å². The molecule has 1 amide bonds. The van der Waals surface area contributed by atoms with Crippen LogP contribution < -0.4 is 4.90 Å². The number of nitrogens with zero attached hydrogens (tertiary/aromatic N) is 3. The highest BCUT2D eigenvalue weighted by molar-refractivity contribution is 5.80. The summed E-state index contributed by atoms with van der Waals surface area (Å²) in [6.45, 7) is 4.77. The number of anilines is 1. The van der Waals surface area contributed by atoms with Gasteiger partial charge < -0.3 is 9.80 Å². The van der Waals surface area contributed by atoms with Crippen LogP contribution in [0.5, 0.6) is 0 Å². The summed E-state index contributed by atoms with van der Waals surface area (Å²) >= 11 is 0. The molecule has 0 radical (unpaired) electrons. The molecule has 3 rings (SSSR count). The van der Waals surface area contributed by atoms with Gasteiger partial charge in [0.2, 0.25) is 5.91 Å². The average molecular weight is 326 g/mol. The Balaban J connectivity index is 1.80. The number of aryl methyl sites for hydroxylation is 2. The van der Waals surface area contributed by atoms with Crippen LogP contribution in [0.25, 0.3) is 0 Å². The van der Waals surface area contributed by atoms with E-state index < -0.39 is 0 Å². The van der Waals surface area contributed by atoms with Gasteiger partial charge in [0.05, 0.1) is 18.2 Å². The van der Waals surface area contributed by atoms with E-state index in [2.05, 4.69) is 39.4 Å². The first-order valence-corrected chi connectivity index (χ1v) is 8.54. The summed E-state index contributed by atoms with van der Waals surface area (Å²) in [5, 5.41) is 7.17. The lowest BCUT2D eigenvalue weighted by Crippen LogP contribution is -2.32. The third kappa shape index (κ3) is 3.16. The summed E-state index contributed by atoms with van der Waals surface area (Å²) in [4.78, 5) is 17.0. The number of aromatic nitrogens is 2. The molecule has 1 aliphatic rings. The van der Waals surface area contributed by atoms with Gasteiger partial charge in [-0.1, -0.05) is 12.1 Å². The lowest BCUT2D eigenvalue weighted by molar-refractivity contribution is -0.131. The second-order valence-corrected chi connectivity index (χ2v) is 6.82. The van der Waals surface area contributed by atoms with E-state index in [-0.39, 0.29) is 11.9 Å². The van der Waals surface area contributed by atoms with Gasteiger partial charge in [0.15, 0.2) is 0 Å². The number of rotatable bonds is 4. The molecule has 2 heterocycles. The van der Waals surface area contributed by atoms with Crippen molar-refractivity contribution in [3.8, 4) is 0 Å². The van der Waals surface area contributed by atoms with Crippen molar-refractivity contribution in [1.29, 1.82) is 0 Å². The van der Waals surface area contributed by atoms with Crippen molar-refractivity contribution in [3.05, 3.63) is 46.8 Å². The maximum Gasteiger partial charge on any atom is 0.227 e. The van der Waals surface area contributed by atoms with E-state index >= 15 is 0 Å². The van der Waals surface area contributed by atoms with Gasteiger partial charge in [-0.3, -0.25) is 9.89 Å². The Morgan fingerprint density at radius 1 is 1.38 bits per heavy atom. The molecule has 2 aromatic rings. The number of H-pyrrole nitrogens is 1. The standard InChI is InChI=1S/C19H26N4O/c1-13-17(14(2)21-20-13)12-19(24)23-10-6-9-18(23)15-7-5-8-16(11-15)22(3)4/h5,7-8,11,18H,6,9-10,12H2,1-4H3,(H,20,21). The maximum atomic E-state index is 12.9. The quantitative estimate of drug-likeness (QED) is 0.940. The van der Waals surface area contributed by atoms with E-state index in [9.17, 15) is 4.79 Å². The van der Waals surface area contributed by atoms with Gasteiger partial charge >= 0.3 is 0 Å². The molecule has 128 valence electrons. The van der Waals surface area contributed by atoms with Crippen LogP contribution in [0.3, 0.4) is 0 Å². The largest absolute Gasteiger partial charge is 0.378 e. The van der Waals surface area contributed by atoms with Crippen molar-refractivity contribution in [2.45, 2.75) is 39.2 Å². The molecule has 24 heavy (non-hydrogen) atoms. The molecule has 0 saturated carbocycles. The molecular formula is C19H26N4O. The predicted molar refractivity (Wildman–Crippen MR) is 96.2 cm³/mol. The molecule has 1 unspecified atom stereocenters. The molecule has 0 bridgehead atoms. The predicted octanol–water partition coefficient (Wildman–Crippen LogP) is 3.00.